The molecule has 0 aliphatic heterocycles. The van der Waals surface area contributed by atoms with Crippen molar-refractivity contribution in [2.45, 2.75) is 6.42 Å². The third-order valence-electron chi connectivity index (χ3n) is 1.58. The van der Waals surface area contributed by atoms with Gasteiger partial charge in [-0.3, -0.25) is 4.55 Å². The Morgan fingerprint density at radius 1 is 1.21 bits per heavy atom. The zero-order valence-electron chi connectivity index (χ0n) is 7.47. The predicted molar refractivity (Wildman–Crippen MR) is 52.8 cm³/mol. The normalized spacial score (nSPS) is 11.5. The van der Waals surface area contributed by atoms with Gasteiger partial charge in [0.15, 0.2) is 0 Å². The maximum atomic E-state index is 10.2. The molecule has 3 N–H and O–H groups in total. The molecule has 0 saturated heterocycles. The van der Waals surface area contributed by atoms with Crippen LogP contribution in [0.4, 0.5) is 0 Å². The molecule has 0 aliphatic rings. The van der Waals surface area contributed by atoms with Gasteiger partial charge in [-0.1, -0.05) is 30.3 Å². The molecule has 14 heavy (non-hydrogen) atoms. The second-order valence-corrected chi connectivity index (χ2v) is 3.89. The summed E-state index contributed by atoms with van der Waals surface area (Å²) in [6.07, 6.45) is 0.684. The summed E-state index contributed by atoms with van der Waals surface area (Å²) in [5, 5.41) is 0. The Kier molecular flexibility index (Phi) is 4.02. The molecule has 0 atom stereocenters. The lowest BCUT2D eigenvalue weighted by atomic mass is 10.2. The van der Waals surface area contributed by atoms with Gasteiger partial charge < -0.3 is 0 Å². The van der Waals surface area contributed by atoms with E-state index in [1.54, 1.807) is 4.83 Å². The Bertz CT molecular complexity index is 363. The topological polar surface area (TPSA) is 78.4 Å². The van der Waals surface area contributed by atoms with E-state index in [2.05, 4.69) is 5.43 Å². The summed E-state index contributed by atoms with van der Waals surface area (Å²) in [7, 11) is -4.14. The molecule has 0 aliphatic carbocycles. The smallest absolute Gasteiger partial charge is 0.273 e. The number of hydrazine groups is 1. The third-order valence-corrected chi connectivity index (χ3v) is 1.98. The van der Waals surface area contributed by atoms with Crippen molar-refractivity contribution in [2.24, 2.45) is 0 Å². The van der Waals surface area contributed by atoms with Gasteiger partial charge >= 0.3 is 10.3 Å². The predicted octanol–water partition coefficient (Wildman–Crippen LogP) is 0.126. The Hall–Kier alpha value is -0.950. The number of hydrogen-bond acceptors (Lipinski definition) is 3. The van der Waals surface area contributed by atoms with Crippen LogP contribution < -0.4 is 10.3 Å². The van der Waals surface area contributed by atoms with Crippen LogP contribution in [0.5, 0.6) is 0 Å². The van der Waals surface area contributed by atoms with Crippen LogP contribution >= 0.6 is 0 Å². The molecule has 0 fully saturated rings. The molecule has 1 rings (SSSR count). The zero-order chi connectivity index (χ0) is 10.4. The first kappa shape index (κ1) is 11.1. The van der Waals surface area contributed by atoms with E-state index in [4.69, 9.17) is 4.55 Å². The van der Waals surface area contributed by atoms with E-state index in [0.29, 0.717) is 13.0 Å². The fourth-order valence-corrected chi connectivity index (χ4v) is 1.28. The fourth-order valence-electron chi connectivity index (χ4n) is 0.994. The quantitative estimate of drug-likeness (QED) is 0.371. The van der Waals surface area contributed by atoms with Crippen LogP contribution in [0.3, 0.4) is 0 Å². The van der Waals surface area contributed by atoms with E-state index in [1.165, 1.54) is 0 Å². The van der Waals surface area contributed by atoms with Gasteiger partial charge in [-0.15, -0.1) is 4.83 Å². The molecule has 0 bridgehead atoms. The second kappa shape index (κ2) is 5.06. The van der Waals surface area contributed by atoms with Crippen LogP contribution in [0, 0.1) is 0 Å². The van der Waals surface area contributed by atoms with E-state index in [-0.39, 0.29) is 0 Å². The number of hydrogen-bond donors (Lipinski definition) is 3. The highest BCUT2D eigenvalue weighted by atomic mass is 32.2. The van der Waals surface area contributed by atoms with Crippen LogP contribution in [-0.4, -0.2) is 19.5 Å². The maximum absolute atomic E-state index is 10.2. The molecule has 0 aromatic heterocycles. The Morgan fingerprint density at radius 3 is 2.43 bits per heavy atom. The minimum atomic E-state index is -4.14. The fraction of sp³-hybridized carbons (Fsp3) is 0.250. The van der Waals surface area contributed by atoms with Crippen LogP contribution in [-0.2, 0) is 16.7 Å². The average Bonchev–Trinajstić information content (AvgIpc) is 2.13. The summed E-state index contributed by atoms with van der Waals surface area (Å²) in [6.45, 7) is 0.420. The molecule has 0 saturated carbocycles. The van der Waals surface area contributed by atoms with Crippen LogP contribution in [0.1, 0.15) is 5.56 Å². The number of benzene rings is 1. The first-order valence-electron chi connectivity index (χ1n) is 4.09. The van der Waals surface area contributed by atoms with Gasteiger partial charge in [0.1, 0.15) is 0 Å². The van der Waals surface area contributed by atoms with Crippen molar-refractivity contribution in [3.63, 3.8) is 0 Å². The van der Waals surface area contributed by atoms with Crippen LogP contribution in [0.15, 0.2) is 30.3 Å². The van der Waals surface area contributed by atoms with E-state index in [9.17, 15) is 8.42 Å². The molecule has 1 aromatic carbocycles. The summed E-state index contributed by atoms with van der Waals surface area (Å²) >= 11 is 0. The molecule has 0 unspecified atom stereocenters. The van der Waals surface area contributed by atoms with Crippen molar-refractivity contribution < 1.29 is 13.0 Å². The standard InChI is InChI=1S/C8H12N2O3S/c11-14(12,13)10-9-7-6-8-4-2-1-3-5-8/h1-5,9-10H,6-7H2,(H,11,12,13). The lowest BCUT2D eigenvalue weighted by Gasteiger charge is -2.03. The van der Waals surface area contributed by atoms with Crippen molar-refractivity contribution in [2.75, 3.05) is 6.54 Å². The summed E-state index contributed by atoms with van der Waals surface area (Å²) in [5.74, 6) is 0. The van der Waals surface area contributed by atoms with Gasteiger partial charge in [0.2, 0.25) is 0 Å². The third kappa shape index (κ3) is 4.93. The van der Waals surface area contributed by atoms with E-state index >= 15 is 0 Å². The monoisotopic (exact) mass is 216 g/mol. The molecule has 1 aromatic rings. The average molecular weight is 216 g/mol. The molecule has 0 heterocycles. The lowest BCUT2D eigenvalue weighted by molar-refractivity contribution is 0.452. The number of rotatable bonds is 5. The minimum absolute atomic E-state index is 0.420. The first-order valence-corrected chi connectivity index (χ1v) is 5.53. The first-order chi connectivity index (χ1) is 6.58. The molecule has 0 radical (unpaired) electrons. The van der Waals surface area contributed by atoms with Gasteiger partial charge in [0.25, 0.3) is 0 Å². The SMILES string of the molecule is O=S(=O)(O)NNCCc1ccccc1. The minimum Gasteiger partial charge on any atom is -0.273 e. The van der Waals surface area contributed by atoms with Gasteiger partial charge in [-0.2, -0.15) is 8.42 Å². The second-order valence-electron chi connectivity index (χ2n) is 2.74. The molecule has 6 heteroatoms. The molecule has 0 spiro atoms. The van der Waals surface area contributed by atoms with Gasteiger partial charge in [0, 0.05) is 6.54 Å². The zero-order valence-corrected chi connectivity index (χ0v) is 8.29. The Balaban J connectivity index is 2.23. The van der Waals surface area contributed by atoms with Gasteiger partial charge in [0.05, 0.1) is 0 Å². The maximum Gasteiger partial charge on any atom is 0.346 e. The molecule has 0 amide bonds. The lowest BCUT2D eigenvalue weighted by Crippen LogP contribution is -2.37. The Labute approximate surface area is 83.0 Å². The molecule has 5 nitrogen and oxygen atoms in total. The molecular formula is C8H12N2O3S. The summed E-state index contributed by atoms with van der Waals surface area (Å²) in [5.41, 5.74) is 3.48. The summed E-state index contributed by atoms with van der Waals surface area (Å²) < 4.78 is 28.8. The number of nitrogens with one attached hydrogen (secondary N) is 2. The largest absolute Gasteiger partial charge is 0.346 e. The van der Waals surface area contributed by atoms with Crippen molar-refractivity contribution in [1.29, 1.82) is 0 Å². The van der Waals surface area contributed by atoms with Crippen molar-refractivity contribution in [3.8, 4) is 0 Å². The highest BCUT2D eigenvalue weighted by Gasteiger charge is 1.99. The van der Waals surface area contributed by atoms with E-state index < -0.39 is 10.3 Å². The van der Waals surface area contributed by atoms with Gasteiger partial charge in [-0.05, 0) is 12.0 Å². The molecule has 78 valence electrons. The summed E-state index contributed by atoms with van der Waals surface area (Å²) in [4.78, 5) is 1.77. The highest BCUT2D eigenvalue weighted by molar-refractivity contribution is 7.83. The van der Waals surface area contributed by atoms with Crippen LogP contribution in [0.2, 0.25) is 0 Å². The van der Waals surface area contributed by atoms with Crippen molar-refractivity contribution in [3.05, 3.63) is 35.9 Å². The van der Waals surface area contributed by atoms with Crippen LogP contribution in [0.25, 0.3) is 0 Å². The highest BCUT2D eigenvalue weighted by Crippen LogP contribution is 1.97. The Morgan fingerprint density at radius 2 is 1.86 bits per heavy atom. The van der Waals surface area contributed by atoms with E-state index in [1.807, 2.05) is 30.3 Å². The van der Waals surface area contributed by atoms with Crippen molar-refractivity contribution >= 4 is 10.3 Å². The van der Waals surface area contributed by atoms with E-state index in [0.717, 1.165) is 5.56 Å². The summed E-state index contributed by atoms with van der Waals surface area (Å²) in [6, 6.07) is 9.61. The van der Waals surface area contributed by atoms with Gasteiger partial charge in [-0.25, -0.2) is 5.43 Å². The molecular weight excluding hydrogens is 204 g/mol. The van der Waals surface area contributed by atoms with Crippen molar-refractivity contribution in [1.82, 2.24) is 10.3 Å².